The third-order valence-corrected chi connectivity index (χ3v) is 5.30. The number of thioether (sulfide) groups is 1. The van der Waals surface area contributed by atoms with Gasteiger partial charge in [0.1, 0.15) is 11.6 Å². The first-order valence-electron chi connectivity index (χ1n) is 9.16. The molecule has 0 saturated heterocycles. The van der Waals surface area contributed by atoms with E-state index in [4.69, 9.17) is 4.98 Å². The lowest BCUT2D eigenvalue weighted by Gasteiger charge is -2.20. The largest absolute Gasteiger partial charge is 0.323 e. The zero-order chi connectivity index (χ0) is 20.6. The first-order chi connectivity index (χ1) is 13.8. The molecule has 6 nitrogen and oxygen atoms in total. The molecule has 148 valence electrons. The van der Waals surface area contributed by atoms with Gasteiger partial charge in [-0.3, -0.25) is 9.20 Å². The minimum Gasteiger partial charge on any atom is -0.323 e. The number of benzene rings is 2. The first-order valence-corrected chi connectivity index (χ1v) is 10.1. The number of anilines is 1. The van der Waals surface area contributed by atoms with Crippen LogP contribution in [0.25, 0.3) is 16.6 Å². The molecule has 0 fully saturated rings. The number of para-hydroxylation sites is 2. The zero-order valence-corrected chi connectivity index (χ0v) is 17.1. The molecule has 2 heterocycles. The highest BCUT2D eigenvalue weighted by molar-refractivity contribution is 7.99. The molecule has 1 N–H and O–H groups in total. The highest BCUT2D eigenvalue weighted by Crippen LogP contribution is 2.29. The normalized spacial score (nSPS) is 11.9. The number of nitrogens with zero attached hydrogens (tertiary/aromatic N) is 4. The third kappa shape index (κ3) is 3.80. The fourth-order valence-corrected chi connectivity index (χ4v) is 3.77. The van der Waals surface area contributed by atoms with Gasteiger partial charge in [-0.25, -0.2) is 9.37 Å². The fraction of sp³-hybridized carbons (Fsp3) is 0.238. The minimum absolute atomic E-state index is 0.0749. The second-order valence-electron chi connectivity index (χ2n) is 7.66. The number of carbonyl (C=O) groups excluding carboxylic acids is 1. The Labute approximate surface area is 171 Å². The molecule has 0 aliphatic rings. The van der Waals surface area contributed by atoms with Gasteiger partial charge in [-0.1, -0.05) is 56.8 Å². The summed E-state index contributed by atoms with van der Waals surface area (Å²) in [7, 11) is 0. The molecule has 2 aromatic heterocycles. The molecule has 1 amide bonds. The summed E-state index contributed by atoms with van der Waals surface area (Å²) in [6.45, 7) is 6.22. The zero-order valence-electron chi connectivity index (χ0n) is 16.3. The molecule has 0 saturated carbocycles. The molecule has 0 spiro atoms. The number of rotatable bonds is 4. The van der Waals surface area contributed by atoms with Gasteiger partial charge in [0.2, 0.25) is 5.91 Å². The van der Waals surface area contributed by atoms with E-state index in [9.17, 15) is 9.18 Å². The first kappa shape index (κ1) is 19.3. The van der Waals surface area contributed by atoms with Crippen LogP contribution in [-0.2, 0) is 10.2 Å². The Balaban J connectivity index is 1.67. The van der Waals surface area contributed by atoms with E-state index in [1.54, 1.807) is 12.1 Å². The number of halogens is 1. The van der Waals surface area contributed by atoms with E-state index in [1.165, 1.54) is 23.9 Å². The molecule has 29 heavy (non-hydrogen) atoms. The lowest BCUT2D eigenvalue weighted by Crippen LogP contribution is -2.20. The second-order valence-corrected chi connectivity index (χ2v) is 8.60. The van der Waals surface area contributed by atoms with Crippen molar-refractivity contribution >= 4 is 39.9 Å². The molecule has 0 aliphatic carbocycles. The van der Waals surface area contributed by atoms with Crippen molar-refractivity contribution in [2.45, 2.75) is 31.3 Å². The maximum absolute atomic E-state index is 13.7. The maximum atomic E-state index is 13.7. The summed E-state index contributed by atoms with van der Waals surface area (Å²) in [6.07, 6.45) is 0. The highest BCUT2D eigenvalue weighted by atomic mass is 32.2. The topological polar surface area (TPSA) is 72.2 Å². The lowest BCUT2D eigenvalue weighted by molar-refractivity contribution is -0.113. The molecule has 0 bridgehead atoms. The van der Waals surface area contributed by atoms with Gasteiger partial charge in [0, 0.05) is 10.8 Å². The number of aromatic nitrogens is 4. The predicted octanol–water partition coefficient (Wildman–Crippen LogP) is 4.44. The smallest absolute Gasteiger partial charge is 0.234 e. The van der Waals surface area contributed by atoms with E-state index in [-0.39, 0.29) is 22.8 Å². The van der Waals surface area contributed by atoms with Gasteiger partial charge in [-0.15, -0.1) is 10.2 Å². The van der Waals surface area contributed by atoms with Crippen LogP contribution in [0.4, 0.5) is 10.1 Å². The molecule has 8 heteroatoms. The summed E-state index contributed by atoms with van der Waals surface area (Å²) in [5.41, 5.74) is 1.46. The minimum atomic E-state index is -0.468. The molecular formula is C21H20FN5OS. The number of hydrogen-bond donors (Lipinski definition) is 1. The van der Waals surface area contributed by atoms with Crippen molar-refractivity contribution in [3.8, 4) is 0 Å². The average molecular weight is 409 g/mol. The molecule has 0 aliphatic heterocycles. The predicted molar refractivity (Wildman–Crippen MR) is 113 cm³/mol. The van der Waals surface area contributed by atoms with E-state index >= 15 is 0 Å². The van der Waals surface area contributed by atoms with Crippen molar-refractivity contribution in [3.63, 3.8) is 0 Å². The van der Waals surface area contributed by atoms with Crippen LogP contribution in [0, 0.1) is 5.82 Å². The molecular weight excluding hydrogens is 389 g/mol. The Morgan fingerprint density at radius 2 is 1.83 bits per heavy atom. The van der Waals surface area contributed by atoms with Crippen LogP contribution < -0.4 is 5.32 Å². The van der Waals surface area contributed by atoms with Gasteiger partial charge in [0.25, 0.3) is 0 Å². The van der Waals surface area contributed by atoms with Gasteiger partial charge < -0.3 is 5.32 Å². The molecule has 0 unspecified atom stereocenters. The van der Waals surface area contributed by atoms with Crippen molar-refractivity contribution < 1.29 is 9.18 Å². The lowest BCUT2D eigenvalue weighted by atomic mass is 9.95. The molecule has 0 radical (unpaired) electrons. The number of carbonyl (C=O) groups is 1. The molecule has 2 aromatic carbocycles. The van der Waals surface area contributed by atoms with Crippen LogP contribution >= 0.6 is 11.8 Å². The van der Waals surface area contributed by atoms with Crippen LogP contribution in [0.3, 0.4) is 0 Å². The Morgan fingerprint density at radius 1 is 1.10 bits per heavy atom. The Hall–Kier alpha value is -3.00. The second kappa shape index (κ2) is 7.44. The van der Waals surface area contributed by atoms with Crippen molar-refractivity contribution in [2.75, 3.05) is 11.1 Å². The summed E-state index contributed by atoms with van der Waals surface area (Å²) >= 11 is 1.24. The monoisotopic (exact) mass is 409 g/mol. The number of fused-ring (bicyclic) bond motifs is 3. The summed E-state index contributed by atoms with van der Waals surface area (Å²) in [6, 6.07) is 13.9. The van der Waals surface area contributed by atoms with Crippen molar-refractivity contribution in [3.05, 3.63) is 60.2 Å². The fourth-order valence-electron chi connectivity index (χ4n) is 3.04. The van der Waals surface area contributed by atoms with Crippen LogP contribution in [0.5, 0.6) is 0 Å². The van der Waals surface area contributed by atoms with E-state index in [2.05, 4.69) is 36.3 Å². The van der Waals surface area contributed by atoms with Gasteiger partial charge in [-0.2, -0.15) is 0 Å². The quantitative estimate of drug-likeness (QED) is 0.505. The number of nitrogens with one attached hydrogen (secondary N) is 1. The molecule has 0 atom stereocenters. The summed E-state index contributed by atoms with van der Waals surface area (Å²) in [4.78, 5) is 17.2. The SMILES string of the molecule is CC(C)(C)c1nc2ccccc2c2nnc(SCC(=O)Nc3ccccc3F)n12. The summed E-state index contributed by atoms with van der Waals surface area (Å²) in [5, 5.41) is 12.7. The van der Waals surface area contributed by atoms with Gasteiger partial charge in [-0.05, 0) is 24.3 Å². The van der Waals surface area contributed by atoms with Gasteiger partial charge in [0.15, 0.2) is 10.8 Å². The van der Waals surface area contributed by atoms with E-state index in [0.717, 1.165) is 16.7 Å². The Bertz CT molecular complexity index is 1210. The third-order valence-electron chi connectivity index (χ3n) is 4.37. The van der Waals surface area contributed by atoms with Crippen LogP contribution in [-0.4, -0.2) is 31.2 Å². The summed E-state index contributed by atoms with van der Waals surface area (Å²) in [5.74, 6) is 0.103. The van der Waals surface area contributed by atoms with Crippen LogP contribution in [0.1, 0.15) is 26.6 Å². The van der Waals surface area contributed by atoms with E-state index < -0.39 is 5.82 Å². The molecule has 4 aromatic rings. The Morgan fingerprint density at radius 3 is 2.59 bits per heavy atom. The van der Waals surface area contributed by atoms with Crippen LogP contribution in [0.2, 0.25) is 0 Å². The standard InChI is InChI=1S/C21H20FN5OS/c1-21(2,3)19-24-15-10-6-4-8-13(15)18-25-26-20(27(18)19)29-12-17(28)23-16-11-7-5-9-14(16)22/h4-11H,12H2,1-3H3,(H,23,28). The van der Waals surface area contributed by atoms with E-state index in [1.807, 2.05) is 28.7 Å². The van der Waals surface area contributed by atoms with Gasteiger partial charge >= 0.3 is 0 Å². The van der Waals surface area contributed by atoms with E-state index in [0.29, 0.717) is 10.8 Å². The highest BCUT2D eigenvalue weighted by Gasteiger charge is 2.24. The van der Waals surface area contributed by atoms with Crippen molar-refractivity contribution in [2.24, 2.45) is 0 Å². The maximum Gasteiger partial charge on any atom is 0.234 e. The molecule has 4 rings (SSSR count). The summed E-state index contributed by atoms with van der Waals surface area (Å²) < 4.78 is 15.7. The van der Waals surface area contributed by atoms with Crippen LogP contribution in [0.15, 0.2) is 53.7 Å². The Kier molecular flexibility index (Phi) is 4.96. The van der Waals surface area contributed by atoms with Crippen molar-refractivity contribution in [1.82, 2.24) is 19.6 Å². The number of amides is 1. The number of hydrogen-bond acceptors (Lipinski definition) is 5. The van der Waals surface area contributed by atoms with Crippen molar-refractivity contribution in [1.29, 1.82) is 0 Å². The van der Waals surface area contributed by atoms with Gasteiger partial charge in [0.05, 0.1) is 17.0 Å². The average Bonchev–Trinajstić information content (AvgIpc) is 3.11.